The van der Waals surface area contributed by atoms with Gasteiger partial charge in [0.05, 0.1) is 24.3 Å². The summed E-state index contributed by atoms with van der Waals surface area (Å²) < 4.78 is 29.7. The smallest absolute Gasteiger partial charge is 0.273 e. The second-order valence-electron chi connectivity index (χ2n) is 5.98. The molecule has 3 atom stereocenters. The molecule has 4 rings (SSSR count). The average Bonchev–Trinajstić information content (AvgIpc) is 3.03. The fourth-order valence-electron chi connectivity index (χ4n) is 3.83. The Kier molecular flexibility index (Phi) is 2.70. The van der Waals surface area contributed by atoms with E-state index >= 15 is 0 Å². The van der Waals surface area contributed by atoms with Crippen LogP contribution in [0.15, 0.2) is 36.8 Å². The monoisotopic (exact) mass is 290 g/mol. The third-order valence-corrected chi connectivity index (χ3v) is 4.81. The molecule has 2 aliphatic rings. The van der Waals surface area contributed by atoms with Crippen molar-refractivity contribution >= 4 is 0 Å². The summed E-state index contributed by atoms with van der Waals surface area (Å²) in [5.74, 6) is -3.48. The molecule has 0 saturated heterocycles. The third-order valence-electron chi connectivity index (χ3n) is 4.81. The van der Waals surface area contributed by atoms with E-state index in [-0.39, 0.29) is 12.5 Å². The van der Waals surface area contributed by atoms with Crippen molar-refractivity contribution in [1.29, 1.82) is 0 Å². The van der Waals surface area contributed by atoms with Crippen molar-refractivity contribution in [3.63, 3.8) is 0 Å². The van der Waals surface area contributed by atoms with E-state index in [0.717, 1.165) is 16.8 Å². The topological polar surface area (TPSA) is 38.1 Å². The van der Waals surface area contributed by atoms with Gasteiger partial charge >= 0.3 is 0 Å². The number of benzene rings is 1. The summed E-state index contributed by atoms with van der Waals surface area (Å²) in [7, 11) is 0. The van der Waals surface area contributed by atoms with Gasteiger partial charge in [0.1, 0.15) is 6.10 Å². The predicted molar refractivity (Wildman–Crippen MR) is 74.1 cm³/mol. The molecule has 0 spiro atoms. The molecule has 1 saturated carbocycles. The number of nitrogens with zero attached hydrogens (tertiary/aromatic N) is 2. The molecule has 1 aliphatic heterocycles. The maximum atomic E-state index is 13.9. The van der Waals surface area contributed by atoms with E-state index in [2.05, 4.69) is 4.98 Å². The summed E-state index contributed by atoms with van der Waals surface area (Å²) in [6, 6.07) is 7.55. The molecule has 0 bridgehead atoms. The van der Waals surface area contributed by atoms with Gasteiger partial charge in [-0.25, -0.2) is 13.8 Å². The molecular formula is C16H16F2N2O. The summed E-state index contributed by atoms with van der Waals surface area (Å²) in [6.45, 7) is 0. The number of hydrogen-bond donors (Lipinski definition) is 1. The van der Waals surface area contributed by atoms with Crippen molar-refractivity contribution in [2.75, 3.05) is 0 Å². The van der Waals surface area contributed by atoms with E-state index in [0.29, 0.717) is 12.8 Å². The normalized spacial score (nSPS) is 30.0. The van der Waals surface area contributed by atoms with E-state index in [1.807, 2.05) is 28.8 Å². The van der Waals surface area contributed by atoms with Crippen LogP contribution in [0.5, 0.6) is 0 Å². The van der Waals surface area contributed by atoms with Gasteiger partial charge in [-0.1, -0.05) is 24.3 Å². The van der Waals surface area contributed by atoms with Crippen molar-refractivity contribution in [1.82, 2.24) is 9.55 Å². The average molecular weight is 290 g/mol. The number of aliphatic hydroxyl groups excluding tert-OH is 1. The summed E-state index contributed by atoms with van der Waals surface area (Å²) >= 11 is 0. The number of aromatic nitrogens is 2. The first-order valence-corrected chi connectivity index (χ1v) is 7.26. The minimum atomic E-state index is -3.00. The molecule has 0 amide bonds. The van der Waals surface area contributed by atoms with Crippen LogP contribution in [0.3, 0.4) is 0 Å². The summed E-state index contributed by atoms with van der Waals surface area (Å²) in [5, 5.41) is 10.2. The fraction of sp³-hybridized carbons (Fsp3) is 0.438. The van der Waals surface area contributed by atoms with Crippen molar-refractivity contribution in [3.8, 4) is 11.3 Å². The lowest BCUT2D eigenvalue weighted by molar-refractivity contribution is -0.160. The number of hydrogen-bond acceptors (Lipinski definition) is 2. The van der Waals surface area contributed by atoms with E-state index in [9.17, 15) is 13.9 Å². The van der Waals surface area contributed by atoms with Gasteiger partial charge in [0.2, 0.25) is 0 Å². The number of rotatable bonds is 1. The lowest BCUT2D eigenvalue weighted by atomic mass is 9.77. The van der Waals surface area contributed by atoms with Crippen LogP contribution in [-0.4, -0.2) is 26.7 Å². The van der Waals surface area contributed by atoms with Gasteiger partial charge < -0.3 is 9.67 Å². The van der Waals surface area contributed by atoms with Crippen molar-refractivity contribution in [2.24, 2.45) is 5.92 Å². The minimum Gasteiger partial charge on any atom is -0.386 e. The van der Waals surface area contributed by atoms with Gasteiger partial charge in [-0.15, -0.1) is 0 Å². The van der Waals surface area contributed by atoms with Crippen LogP contribution >= 0.6 is 0 Å². The van der Waals surface area contributed by atoms with E-state index in [1.54, 1.807) is 12.5 Å². The van der Waals surface area contributed by atoms with Crippen LogP contribution < -0.4 is 0 Å². The molecule has 110 valence electrons. The van der Waals surface area contributed by atoms with Crippen molar-refractivity contribution in [2.45, 2.75) is 37.3 Å². The molecule has 1 aromatic carbocycles. The zero-order valence-corrected chi connectivity index (χ0v) is 11.4. The standard InChI is InChI=1S/C16H16F2N2O/c17-16(18)7-3-6-12(15(16)21)14-11-5-2-1-4-10(11)13-8-19-9-20(13)14/h1-2,4-5,8-9,12,14-15,21H,3,6-7H2/t12-,14+,15-/m1/s1. The Hall–Kier alpha value is -1.75. The summed E-state index contributed by atoms with van der Waals surface area (Å²) in [4.78, 5) is 4.14. The zero-order chi connectivity index (χ0) is 14.6. The molecule has 21 heavy (non-hydrogen) atoms. The highest BCUT2D eigenvalue weighted by Gasteiger charge is 2.50. The first-order valence-electron chi connectivity index (χ1n) is 7.26. The SMILES string of the molecule is O[C@@H]1[C@@H]([C@@H]2c3ccccc3-c3cncn32)CCCC1(F)F. The molecule has 0 radical (unpaired) electrons. The van der Waals surface area contributed by atoms with Gasteiger partial charge in [-0.05, 0) is 18.4 Å². The Morgan fingerprint density at radius 3 is 2.95 bits per heavy atom. The molecule has 1 fully saturated rings. The van der Waals surface area contributed by atoms with Gasteiger partial charge in [0.25, 0.3) is 5.92 Å². The highest BCUT2D eigenvalue weighted by atomic mass is 19.3. The maximum absolute atomic E-state index is 13.9. The van der Waals surface area contributed by atoms with Gasteiger partial charge in [-0.2, -0.15) is 0 Å². The highest BCUT2D eigenvalue weighted by molar-refractivity contribution is 5.69. The Labute approximate surface area is 121 Å². The minimum absolute atomic E-state index is 0.226. The summed E-state index contributed by atoms with van der Waals surface area (Å²) in [5.41, 5.74) is 2.98. The molecule has 2 aromatic rings. The van der Waals surface area contributed by atoms with Crippen molar-refractivity contribution in [3.05, 3.63) is 42.4 Å². The van der Waals surface area contributed by atoms with Crippen LogP contribution in [0.25, 0.3) is 11.3 Å². The van der Waals surface area contributed by atoms with Crippen molar-refractivity contribution < 1.29 is 13.9 Å². The summed E-state index contributed by atoms with van der Waals surface area (Å²) in [6.07, 6.45) is 2.66. The Morgan fingerprint density at radius 2 is 2.10 bits per heavy atom. The van der Waals surface area contributed by atoms with E-state index < -0.39 is 17.9 Å². The van der Waals surface area contributed by atoms with Crippen LogP contribution in [0.4, 0.5) is 8.78 Å². The quantitative estimate of drug-likeness (QED) is 0.875. The lowest BCUT2D eigenvalue weighted by Crippen LogP contribution is -2.46. The maximum Gasteiger partial charge on any atom is 0.273 e. The fourth-order valence-corrected chi connectivity index (χ4v) is 3.83. The van der Waals surface area contributed by atoms with Crippen LogP contribution in [-0.2, 0) is 0 Å². The number of fused-ring (bicyclic) bond motifs is 3. The number of aliphatic hydroxyl groups is 1. The Morgan fingerprint density at radius 1 is 1.29 bits per heavy atom. The molecule has 5 heteroatoms. The van der Waals surface area contributed by atoms with Crippen LogP contribution in [0.1, 0.15) is 30.9 Å². The number of alkyl halides is 2. The number of halogens is 2. The van der Waals surface area contributed by atoms with Crippen LogP contribution in [0.2, 0.25) is 0 Å². The van der Waals surface area contributed by atoms with Gasteiger partial charge in [0, 0.05) is 17.9 Å². The molecule has 1 N–H and O–H groups in total. The van der Waals surface area contributed by atoms with Gasteiger partial charge in [-0.3, -0.25) is 0 Å². The largest absolute Gasteiger partial charge is 0.386 e. The second-order valence-corrected chi connectivity index (χ2v) is 5.98. The van der Waals surface area contributed by atoms with E-state index in [4.69, 9.17) is 0 Å². The highest BCUT2D eigenvalue weighted by Crippen LogP contribution is 2.49. The molecule has 3 nitrogen and oxygen atoms in total. The molecule has 0 unspecified atom stereocenters. The van der Waals surface area contributed by atoms with Gasteiger partial charge in [0.15, 0.2) is 0 Å². The first kappa shape index (κ1) is 13.0. The molecule has 1 aliphatic carbocycles. The Balaban J connectivity index is 1.82. The lowest BCUT2D eigenvalue weighted by Gasteiger charge is -2.38. The second kappa shape index (κ2) is 4.37. The third kappa shape index (κ3) is 1.77. The molecule has 2 heterocycles. The molecular weight excluding hydrogens is 274 g/mol. The van der Waals surface area contributed by atoms with Crippen LogP contribution in [0, 0.1) is 5.92 Å². The molecule has 1 aromatic heterocycles. The number of imidazole rings is 1. The van der Waals surface area contributed by atoms with E-state index in [1.165, 1.54) is 0 Å². The predicted octanol–water partition coefficient (Wildman–Crippen LogP) is 3.25. The zero-order valence-electron chi connectivity index (χ0n) is 11.4. The Bertz CT molecular complexity index is 682. The first-order chi connectivity index (χ1) is 10.1.